The van der Waals surface area contributed by atoms with Gasteiger partial charge in [-0.2, -0.15) is 0 Å². The van der Waals surface area contributed by atoms with E-state index in [1.165, 1.54) is 25.1 Å². The van der Waals surface area contributed by atoms with Gasteiger partial charge in [0.05, 0.1) is 5.02 Å². The molecule has 0 spiro atoms. The van der Waals surface area contributed by atoms with Gasteiger partial charge in [-0.25, -0.2) is 13.1 Å². The third-order valence-corrected chi connectivity index (χ3v) is 5.14. The van der Waals surface area contributed by atoms with Crippen molar-refractivity contribution in [3.8, 4) is 0 Å². The molecule has 0 saturated heterocycles. The Labute approximate surface area is 130 Å². The van der Waals surface area contributed by atoms with Crippen molar-refractivity contribution in [1.82, 2.24) is 4.72 Å². The maximum absolute atomic E-state index is 12.4. The number of nitrogens with two attached hydrogens (primary N) is 1. The van der Waals surface area contributed by atoms with Crippen molar-refractivity contribution in [2.45, 2.75) is 44.0 Å². The van der Waals surface area contributed by atoms with Crippen LogP contribution in [-0.4, -0.2) is 26.8 Å². The first-order chi connectivity index (χ1) is 9.81. The number of benzene rings is 1. The number of hydrogen-bond acceptors (Lipinski definition) is 4. The number of carbonyl (C=O) groups is 1. The second-order valence-electron chi connectivity index (χ2n) is 4.90. The molecule has 1 aromatic rings. The summed E-state index contributed by atoms with van der Waals surface area (Å²) in [6.07, 6.45) is 2.50. The fraction of sp³-hybridized carbons (Fsp3) is 0.500. The molecule has 21 heavy (non-hydrogen) atoms. The molecule has 0 aromatic heterocycles. The highest BCUT2D eigenvalue weighted by molar-refractivity contribution is 7.89. The van der Waals surface area contributed by atoms with E-state index in [9.17, 15) is 13.2 Å². The summed E-state index contributed by atoms with van der Waals surface area (Å²) in [5.41, 5.74) is 5.90. The van der Waals surface area contributed by atoms with Gasteiger partial charge in [0.15, 0.2) is 5.78 Å². The quantitative estimate of drug-likeness (QED) is 0.715. The van der Waals surface area contributed by atoms with Crippen molar-refractivity contribution in [1.29, 1.82) is 0 Å². The Hall–Kier alpha value is -0.950. The van der Waals surface area contributed by atoms with Gasteiger partial charge in [-0.15, -0.1) is 0 Å². The molecule has 1 aromatic carbocycles. The monoisotopic (exact) mass is 332 g/mol. The SMILES string of the molecule is CCCC[C@@H](CN)NS(=O)(=O)c1cc(C(C)=O)ccc1Cl. The highest BCUT2D eigenvalue weighted by Gasteiger charge is 2.22. The van der Waals surface area contributed by atoms with Crippen molar-refractivity contribution < 1.29 is 13.2 Å². The van der Waals surface area contributed by atoms with Crippen LogP contribution in [0.4, 0.5) is 0 Å². The summed E-state index contributed by atoms with van der Waals surface area (Å²) in [5, 5.41) is 0.0822. The van der Waals surface area contributed by atoms with E-state index >= 15 is 0 Å². The van der Waals surface area contributed by atoms with Crippen LogP contribution in [0.5, 0.6) is 0 Å². The van der Waals surface area contributed by atoms with Crippen LogP contribution in [0.25, 0.3) is 0 Å². The molecule has 0 aliphatic carbocycles. The average molecular weight is 333 g/mol. The molecular formula is C14H21ClN2O3S. The Morgan fingerprint density at radius 2 is 2.10 bits per heavy atom. The van der Waals surface area contributed by atoms with Gasteiger partial charge in [0.25, 0.3) is 0 Å². The summed E-state index contributed by atoms with van der Waals surface area (Å²) in [5.74, 6) is -0.218. The predicted molar refractivity (Wildman–Crippen MR) is 84.1 cm³/mol. The van der Waals surface area contributed by atoms with Gasteiger partial charge in [-0.05, 0) is 31.5 Å². The zero-order valence-electron chi connectivity index (χ0n) is 12.2. The molecule has 0 heterocycles. The van der Waals surface area contributed by atoms with E-state index in [4.69, 9.17) is 17.3 Å². The second-order valence-corrected chi connectivity index (χ2v) is 6.99. The van der Waals surface area contributed by atoms with Gasteiger partial charge >= 0.3 is 0 Å². The third-order valence-electron chi connectivity index (χ3n) is 3.14. The van der Waals surface area contributed by atoms with Crippen molar-refractivity contribution in [2.75, 3.05) is 6.54 Å². The summed E-state index contributed by atoms with van der Waals surface area (Å²) < 4.78 is 27.3. The summed E-state index contributed by atoms with van der Waals surface area (Å²) >= 11 is 5.95. The molecule has 0 aliphatic heterocycles. The molecule has 0 fully saturated rings. The van der Waals surface area contributed by atoms with E-state index in [2.05, 4.69) is 4.72 Å². The van der Waals surface area contributed by atoms with Gasteiger partial charge in [-0.3, -0.25) is 4.79 Å². The Morgan fingerprint density at radius 3 is 2.62 bits per heavy atom. The van der Waals surface area contributed by atoms with Gasteiger partial charge in [0.2, 0.25) is 10.0 Å². The molecule has 0 amide bonds. The highest BCUT2D eigenvalue weighted by Crippen LogP contribution is 2.23. The fourth-order valence-electron chi connectivity index (χ4n) is 1.89. The molecule has 0 unspecified atom stereocenters. The predicted octanol–water partition coefficient (Wildman–Crippen LogP) is 2.34. The number of sulfonamides is 1. The van der Waals surface area contributed by atoms with E-state index in [1.807, 2.05) is 6.92 Å². The minimum Gasteiger partial charge on any atom is -0.329 e. The van der Waals surface area contributed by atoms with Crippen LogP contribution >= 0.6 is 11.6 Å². The average Bonchev–Trinajstić information content (AvgIpc) is 2.43. The molecule has 1 rings (SSSR count). The molecule has 5 nitrogen and oxygen atoms in total. The van der Waals surface area contributed by atoms with Gasteiger partial charge in [0, 0.05) is 18.2 Å². The van der Waals surface area contributed by atoms with Crippen molar-refractivity contribution in [3.05, 3.63) is 28.8 Å². The smallest absolute Gasteiger partial charge is 0.242 e. The number of rotatable bonds is 8. The summed E-state index contributed by atoms with van der Waals surface area (Å²) in [6.45, 7) is 3.61. The topological polar surface area (TPSA) is 89.3 Å². The van der Waals surface area contributed by atoms with Crippen LogP contribution < -0.4 is 10.5 Å². The highest BCUT2D eigenvalue weighted by atomic mass is 35.5. The Balaban J connectivity index is 3.06. The van der Waals surface area contributed by atoms with E-state index in [1.54, 1.807) is 0 Å². The van der Waals surface area contributed by atoms with Crippen LogP contribution in [0.15, 0.2) is 23.1 Å². The molecule has 1 atom stereocenters. The van der Waals surface area contributed by atoms with Crippen molar-refractivity contribution in [2.24, 2.45) is 5.73 Å². The second kappa shape index (κ2) is 7.89. The molecule has 7 heteroatoms. The number of Topliss-reactive ketones (excluding diaryl/α,β-unsaturated/α-hetero) is 1. The molecule has 0 aliphatic rings. The number of carbonyl (C=O) groups excluding carboxylic acids is 1. The Kier molecular flexibility index (Phi) is 6.80. The molecule has 0 bridgehead atoms. The third kappa shape index (κ3) is 5.07. The maximum Gasteiger partial charge on any atom is 0.242 e. The standard InChI is InChI=1S/C14H21ClN2O3S/c1-3-4-5-12(9-16)17-21(19,20)14-8-11(10(2)18)6-7-13(14)15/h6-8,12,17H,3-5,9,16H2,1-2H3/t12-/m0/s1. The first kappa shape index (κ1) is 18.1. The minimum atomic E-state index is -3.80. The Morgan fingerprint density at radius 1 is 1.43 bits per heavy atom. The number of nitrogens with one attached hydrogen (secondary N) is 1. The fourth-order valence-corrected chi connectivity index (χ4v) is 3.70. The maximum atomic E-state index is 12.4. The zero-order valence-corrected chi connectivity index (χ0v) is 13.8. The van der Waals surface area contributed by atoms with Crippen molar-refractivity contribution in [3.63, 3.8) is 0 Å². The molecule has 3 N–H and O–H groups in total. The number of unbranched alkanes of at least 4 members (excludes halogenated alkanes) is 1. The van der Waals surface area contributed by atoms with Crippen LogP contribution in [0.2, 0.25) is 5.02 Å². The zero-order chi connectivity index (χ0) is 16.0. The van der Waals surface area contributed by atoms with Crippen LogP contribution in [0.1, 0.15) is 43.5 Å². The largest absolute Gasteiger partial charge is 0.329 e. The van der Waals surface area contributed by atoms with Gasteiger partial charge in [0.1, 0.15) is 4.90 Å². The number of halogens is 1. The lowest BCUT2D eigenvalue weighted by Gasteiger charge is -2.17. The van der Waals surface area contributed by atoms with Crippen LogP contribution in [0, 0.1) is 0 Å². The lowest BCUT2D eigenvalue weighted by Crippen LogP contribution is -2.40. The lowest BCUT2D eigenvalue weighted by molar-refractivity contribution is 0.101. The normalized spacial score (nSPS) is 13.1. The summed E-state index contributed by atoms with van der Waals surface area (Å²) in [7, 11) is -3.80. The number of hydrogen-bond donors (Lipinski definition) is 2. The van der Waals surface area contributed by atoms with Crippen LogP contribution in [0.3, 0.4) is 0 Å². The lowest BCUT2D eigenvalue weighted by atomic mass is 10.1. The molecule has 0 radical (unpaired) electrons. The summed E-state index contributed by atoms with van der Waals surface area (Å²) in [6, 6.07) is 3.87. The van der Waals surface area contributed by atoms with Gasteiger partial charge in [-0.1, -0.05) is 31.4 Å². The van der Waals surface area contributed by atoms with E-state index in [0.717, 1.165) is 12.8 Å². The van der Waals surface area contributed by atoms with Crippen LogP contribution in [-0.2, 0) is 10.0 Å². The molecule has 118 valence electrons. The minimum absolute atomic E-state index is 0.0822. The van der Waals surface area contributed by atoms with E-state index in [0.29, 0.717) is 12.0 Å². The van der Waals surface area contributed by atoms with Crippen molar-refractivity contribution >= 4 is 27.4 Å². The van der Waals surface area contributed by atoms with Gasteiger partial charge < -0.3 is 5.73 Å². The summed E-state index contributed by atoms with van der Waals surface area (Å²) in [4.78, 5) is 11.3. The van der Waals surface area contributed by atoms with E-state index in [-0.39, 0.29) is 28.3 Å². The first-order valence-corrected chi connectivity index (χ1v) is 8.70. The molecular weight excluding hydrogens is 312 g/mol. The number of ketones is 1. The Bertz CT molecular complexity index is 602. The first-order valence-electron chi connectivity index (χ1n) is 6.84. The van der Waals surface area contributed by atoms with E-state index < -0.39 is 10.0 Å². The molecule has 0 saturated carbocycles.